The van der Waals surface area contributed by atoms with Crippen molar-refractivity contribution < 1.29 is 23.4 Å². The molecule has 0 aliphatic carbocycles. The molecule has 1 atom stereocenters. The quantitative estimate of drug-likeness (QED) is 0.726. The highest BCUT2D eigenvalue weighted by atomic mass is 79.9. The first-order valence-corrected chi connectivity index (χ1v) is 7.70. The molecule has 1 aromatic rings. The van der Waals surface area contributed by atoms with E-state index in [4.69, 9.17) is 21.8 Å². The number of hydrogen-bond acceptors (Lipinski definition) is 4. The van der Waals surface area contributed by atoms with E-state index >= 15 is 0 Å². The molecule has 106 valence electrons. The molecule has 0 saturated heterocycles. The summed E-state index contributed by atoms with van der Waals surface area (Å²) in [6.07, 6.45) is -0.857. The minimum absolute atomic E-state index is 0.0815. The second-order valence-corrected chi connectivity index (χ2v) is 6.77. The van der Waals surface area contributed by atoms with Crippen LogP contribution in [0.1, 0.15) is 17.3 Å². The van der Waals surface area contributed by atoms with Crippen molar-refractivity contribution in [3.05, 3.63) is 27.2 Å². The third-order valence-corrected chi connectivity index (χ3v) is 4.78. The molecular formula is C10H11BrClNO5S. The highest BCUT2D eigenvalue weighted by Crippen LogP contribution is 2.29. The molecule has 0 bridgehead atoms. The predicted octanol–water partition coefficient (Wildman–Crippen LogP) is 1.46. The van der Waals surface area contributed by atoms with E-state index in [1.54, 1.807) is 0 Å². The molecular weight excluding hydrogens is 362 g/mol. The Morgan fingerprint density at radius 1 is 1.53 bits per heavy atom. The molecule has 19 heavy (non-hydrogen) atoms. The summed E-state index contributed by atoms with van der Waals surface area (Å²) in [5.41, 5.74) is -0.325. The van der Waals surface area contributed by atoms with E-state index in [-0.39, 0.29) is 26.5 Å². The van der Waals surface area contributed by atoms with Gasteiger partial charge in [-0.2, -0.15) is 0 Å². The largest absolute Gasteiger partial charge is 0.478 e. The number of hydrogen-bond donors (Lipinski definition) is 3. The maximum absolute atomic E-state index is 11.9. The molecule has 0 radical (unpaired) electrons. The van der Waals surface area contributed by atoms with Gasteiger partial charge in [-0.3, -0.25) is 0 Å². The number of carboxylic acids is 1. The smallest absolute Gasteiger partial charge is 0.337 e. The number of sulfonamides is 1. The molecule has 0 amide bonds. The van der Waals surface area contributed by atoms with Crippen LogP contribution in [0.2, 0.25) is 5.02 Å². The van der Waals surface area contributed by atoms with Gasteiger partial charge in [-0.1, -0.05) is 11.6 Å². The lowest BCUT2D eigenvalue weighted by Crippen LogP contribution is -2.30. The van der Waals surface area contributed by atoms with Gasteiger partial charge in [0.15, 0.2) is 0 Å². The molecule has 0 spiro atoms. The zero-order chi connectivity index (χ0) is 14.8. The zero-order valence-corrected chi connectivity index (χ0v) is 12.9. The van der Waals surface area contributed by atoms with Crippen LogP contribution < -0.4 is 4.72 Å². The van der Waals surface area contributed by atoms with E-state index < -0.39 is 22.1 Å². The third kappa shape index (κ3) is 4.15. The SMILES string of the molecule is C[C@H](O)CNS(=O)(=O)c1cc(Br)c(Cl)c(C(=O)O)c1. The highest BCUT2D eigenvalue weighted by Gasteiger charge is 2.21. The number of rotatable bonds is 5. The Bertz CT molecular complexity index is 602. The zero-order valence-electron chi connectivity index (χ0n) is 9.72. The topological polar surface area (TPSA) is 104 Å². The summed E-state index contributed by atoms with van der Waals surface area (Å²) in [5.74, 6) is -1.33. The van der Waals surface area contributed by atoms with E-state index in [0.717, 1.165) is 6.07 Å². The minimum Gasteiger partial charge on any atom is -0.478 e. The van der Waals surface area contributed by atoms with Crippen LogP contribution in [-0.2, 0) is 10.0 Å². The Hall–Kier alpha value is -0.670. The van der Waals surface area contributed by atoms with Crippen molar-refractivity contribution in [1.29, 1.82) is 0 Å². The molecule has 0 saturated carbocycles. The normalized spacial score (nSPS) is 13.3. The Kier molecular flexibility index (Phi) is 5.34. The van der Waals surface area contributed by atoms with Gasteiger partial charge >= 0.3 is 5.97 Å². The highest BCUT2D eigenvalue weighted by molar-refractivity contribution is 9.10. The van der Waals surface area contributed by atoms with Crippen molar-refractivity contribution >= 4 is 43.5 Å². The van der Waals surface area contributed by atoms with E-state index in [9.17, 15) is 13.2 Å². The standard InChI is InChI=1S/C10H11BrClNO5S/c1-5(14)4-13-19(17,18)6-2-7(10(15)16)9(12)8(11)3-6/h2-3,5,13-14H,4H2,1H3,(H,15,16)/t5-/m0/s1. The van der Waals surface area contributed by atoms with Gasteiger partial charge in [0.25, 0.3) is 0 Å². The molecule has 0 unspecified atom stereocenters. The van der Waals surface area contributed by atoms with Crippen molar-refractivity contribution in [2.75, 3.05) is 6.54 Å². The number of carbonyl (C=O) groups is 1. The first kappa shape index (κ1) is 16.4. The first-order chi connectivity index (χ1) is 8.65. The maximum atomic E-state index is 11.9. The molecule has 1 aromatic carbocycles. The number of aromatic carboxylic acids is 1. The summed E-state index contributed by atoms with van der Waals surface area (Å²) in [6, 6.07) is 2.15. The van der Waals surface area contributed by atoms with Crippen LogP contribution in [0.4, 0.5) is 0 Å². The van der Waals surface area contributed by atoms with Gasteiger partial charge in [0.05, 0.1) is 21.6 Å². The first-order valence-electron chi connectivity index (χ1n) is 5.05. The average molecular weight is 373 g/mol. The van der Waals surface area contributed by atoms with Crippen LogP contribution >= 0.6 is 27.5 Å². The summed E-state index contributed by atoms with van der Waals surface area (Å²) >= 11 is 8.76. The van der Waals surface area contributed by atoms with E-state index in [2.05, 4.69) is 20.7 Å². The minimum atomic E-state index is -3.91. The Balaban J connectivity index is 3.25. The van der Waals surface area contributed by atoms with Crippen LogP contribution in [0.5, 0.6) is 0 Å². The van der Waals surface area contributed by atoms with Crippen molar-refractivity contribution in [2.45, 2.75) is 17.9 Å². The van der Waals surface area contributed by atoms with Crippen molar-refractivity contribution in [3.63, 3.8) is 0 Å². The number of halogens is 2. The lowest BCUT2D eigenvalue weighted by Gasteiger charge is -2.10. The lowest BCUT2D eigenvalue weighted by molar-refractivity contribution is 0.0696. The Morgan fingerprint density at radius 3 is 2.58 bits per heavy atom. The van der Waals surface area contributed by atoms with Crippen molar-refractivity contribution in [3.8, 4) is 0 Å². The fourth-order valence-electron chi connectivity index (χ4n) is 1.19. The van der Waals surface area contributed by atoms with Gasteiger partial charge in [0, 0.05) is 11.0 Å². The van der Waals surface area contributed by atoms with Crippen molar-refractivity contribution in [1.82, 2.24) is 4.72 Å². The van der Waals surface area contributed by atoms with Crippen LogP contribution in [-0.4, -0.2) is 37.2 Å². The third-order valence-electron chi connectivity index (χ3n) is 2.11. The van der Waals surface area contributed by atoms with Crippen molar-refractivity contribution in [2.24, 2.45) is 0 Å². The van der Waals surface area contributed by atoms with Gasteiger partial charge in [-0.25, -0.2) is 17.9 Å². The van der Waals surface area contributed by atoms with Gasteiger partial charge in [-0.15, -0.1) is 0 Å². The summed E-state index contributed by atoms with van der Waals surface area (Å²) in [5, 5.41) is 17.9. The van der Waals surface area contributed by atoms with E-state index in [0.29, 0.717) is 0 Å². The van der Waals surface area contributed by atoms with Crippen LogP contribution in [0.15, 0.2) is 21.5 Å². The Labute approximate surface area is 123 Å². The monoisotopic (exact) mass is 371 g/mol. The summed E-state index contributed by atoms with van der Waals surface area (Å²) in [7, 11) is -3.91. The van der Waals surface area contributed by atoms with Gasteiger partial charge in [0.2, 0.25) is 10.0 Å². The summed E-state index contributed by atoms with van der Waals surface area (Å²) in [6.45, 7) is 1.24. The molecule has 6 nitrogen and oxygen atoms in total. The second-order valence-electron chi connectivity index (χ2n) is 3.77. The predicted molar refractivity (Wildman–Crippen MR) is 73.0 cm³/mol. The molecule has 0 aliphatic heterocycles. The number of aliphatic hydroxyl groups excluding tert-OH is 1. The number of benzene rings is 1. The van der Waals surface area contributed by atoms with Gasteiger partial charge < -0.3 is 10.2 Å². The molecule has 0 heterocycles. The van der Waals surface area contributed by atoms with E-state index in [1.165, 1.54) is 13.0 Å². The number of carboxylic acid groups (broad SMARTS) is 1. The fraction of sp³-hybridized carbons (Fsp3) is 0.300. The molecule has 3 N–H and O–H groups in total. The molecule has 0 aromatic heterocycles. The van der Waals surface area contributed by atoms with E-state index in [1.807, 2.05) is 0 Å². The van der Waals surface area contributed by atoms with Crippen LogP contribution in [0.25, 0.3) is 0 Å². The number of aliphatic hydroxyl groups is 1. The molecule has 0 aliphatic rings. The average Bonchev–Trinajstić information content (AvgIpc) is 2.29. The van der Waals surface area contributed by atoms with Crippen LogP contribution in [0, 0.1) is 0 Å². The van der Waals surface area contributed by atoms with Gasteiger partial charge in [-0.05, 0) is 35.0 Å². The Morgan fingerprint density at radius 2 is 2.11 bits per heavy atom. The lowest BCUT2D eigenvalue weighted by atomic mass is 10.2. The van der Waals surface area contributed by atoms with Gasteiger partial charge in [0.1, 0.15) is 0 Å². The van der Waals surface area contributed by atoms with Crippen LogP contribution in [0.3, 0.4) is 0 Å². The molecule has 9 heteroatoms. The summed E-state index contributed by atoms with van der Waals surface area (Å²) < 4.78 is 26.1. The second kappa shape index (κ2) is 6.19. The maximum Gasteiger partial charge on any atom is 0.337 e. The molecule has 1 rings (SSSR count). The number of nitrogens with one attached hydrogen (secondary N) is 1. The molecule has 0 fully saturated rings. The fourth-order valence-corrected chi connectivity index (χ4v) is 3.16. The summed E-state index contributed by atoms with van der Waals surface area (Å²) in [4.78, 5) is 10.7.